The van der Waals surface area contributed by atoms with Crippen molar-refractivity contribution in [1.82, 2.24) is 5.32 Å². The van der Waals surface area contributed by atoms with Crippen LogP contribution in [0.15, 0.2) is 24.3 Å². The van der Waals surface area contributed by atoms with Gasteiger partial charge in [-0.05, 0) is 36.8 Å². The molecule has 0 radical (unpaired) electrons. The molecule has 0 saturated carbocycles. The Labute approximate surface area is 139 Å². The third-order valence-corrected chi connectivity index (χ3v) is 4.95. The van der Waals surface area contributed by atoms with Crippen LogP contribution < -0.4 is 5.32 Å². The van der Waals surface area contributed by atoms with Gasteiger partial charge in [-0.3, -0.25) is 4.79 Å². The lowest BCUT2D eigenvalue weighted by atomic mass is 9.72. The highest BCUT2D eigenvalue weighted by atomic mass is 16.5. The van der Waals surface area contributed by atoms with Crippen molar-refractivity contribution in [2.24, 2.45) is 5.92 Å². The average Bonchev–Trinajstić information content (AvgIpc) is 2.54. The molecular weight excluding hydrogens is 290 g/mol. The number of rotatable bonds is 6. The van der Waals surface area contributed by atoms with E-state index in [1.807, 2.05) is 19.9 Å². The summed E-state index contributed by atoms with van der Waals surface area (Å²) < 4.78 is 5.54. The lowest BCUT2D eigenvalue weighted by molar-refractivity contribution is -0.124. The molecule has 1 aliphatic heterocycles. The monoisotopic (exact) mass is 319 g/mol. The Bertz CT molecular complexity index is 521. The molecule has 23 heavy (non-hydrogen) atoms. The molecular formula is C19H29NO3. The van der Waals surface area contributed by atoms with Crippen molar-refractivity contribution < 1.29 is 14.6 Å². The van der Waals surface area contributed by atoms with E-state index < -0.39 is 6.10 Å². The van der Waals surface area contributed by atoms with Gasteiger partial charge in [-0.15, -0.1) is 0 Å². The van der Waals surface area contributed by atoms with Gasteiger partial charge in [0.2, 0.25) is 5.91 Å². The van der Waals surface area contributed by atoms with Gasteiger partial charge in [-0.1, -0.05) is 38.1 Å². The van der Waals surface area contributed by atoms with E-state index in [4.69, 9.17) is 4.74 Å². The van der Waals surface area contributed by atoms with Gasteiger partial charge in [0.05, 0.1) is 12.5 Å². The number of aryl methyl sites for hydroxylation is 1. The third-order valence-electron chi connectivity index (χ3n) is 4.95. The third kappa shape index (κ3) is 4.55. The van der Waals surface area contributed by atoms with Crippen LogP contribution in [0.25, 0.3) is 0 Å². The van der Waals surface area contributed by atoms with Crippen LogP contribution in [0.2, 0.25) is 0 Å². The maximum Gasteiger partial charge on any atom is 0.222 e. The van der Waals surface area contributed by atoms with Crippen molar-refractivity contribution in [2.45, 2.75) is 51.6 Å². The van der Waals surface area contributed by atoms with Crippen molar-refractivity contribution in [3.05, 3.63) is 35.4 Å². The molecule has 0 spiro atoms. The normalized spacial score (nSPS) is 18.7. The van der Waals surface area contributed by atoms with Crippen LogP contribution in [0.5, 0.6) is 0 Å². The summed E-state index contributed by atoms with van der Waals surface area (Å²) in [7, 11) is 0. The second-order valence-electron chi connectivity index (χ2n) is 7.00. The summed E-state index contributed by atoms with van der Waals surface area (Å²) >= 11 is 0. The Kier molecular flexibility index (Phi) is 6.19. The molecule has 1 aromatic rings. The predicted molar refractivity (Wildman–Crippen MR) is 91.4 cm³/mol. The fourth-order valence-electron chi connectivity index (χ4n) is 3.24. The van der Waals surface area contributed by atoms with E-state index in [0.29, 0.717) is 6.54 Å². The van der Waals surface area contributed by atoms with Gasteiger partial charge in [0.25, 0.3) is 0 Å². The van der Waals surface area contributed by atoms with Gasteiger partial charge in [0.15, 0.2) is 0 Å². The molecule has 1 aromatic carbocycles. The van der Waals surface area contributed by atoms with E-state index >= 15 is 0 Å². The van der Waals surface area contributed by atoms with Gasteiger partial charge in [0.1, 0.15) is 0 Å². The van der Waals surface area contributed by atoms with E-state index in [0.717, 1.165) is 26.1 Å². The van der Waals surface area contributed by atoms with Crippen molar-refractivity contribution >= 4 is 5.91 Å². The van der Waals surface area contributed by atoms with E-state index in [2.05, 4.69) is 30.4 Å². The number of ether oxygens (including phenoxy) is 1. The second kappa shape index (κ2) is 7.93. The summed E-state index contributed by atoms with van der Waals surface area (Å²) in [6.45, 7) is 8.01. The smallest absolute Gasteiger partial charge is 0.222 e. The molecule has 4 nitrogen and oxygen atoms in total. The number of benzene rings is 1. The number of hydrogen-bond acceptors (Lipinski definition) is 3. The fraction of sp³-hybridized carbons (Fsp3) is 0.632. The molecule has 2 rings (SSSR count). The average molecular weight is 319 g/mol. The van der Waals surface area contributed by atoms with Gasteiger partial charge >= 0.3 is 0 Å². The number of hydrogen-bond donors (Lipinski definition) is 2. The molecule has 4 heteroatoms. The number of carbonyl (C=O) groups is 1. The number of aliphatic hydroxyl groups is 1. The summed E-state index contributed by atoms with van der Waals surface area (Å²) in [6.07, 6.45) is 1.40. The molecule has 1 unspecified atom stereocenters. The molecule has 0 aliphatic carbocycles. The van der Waals surface area contributed by atoms with Crippen LogP contribution in [-0.4, -0.2) is 36.9 Å². The van der Waals surface area contributed by atoms with Gasteiger partial charge < -0.3 is 15.2 Å². The Morgan fingerprint density at radius 3 is 2.57 bits per heavy atom. The first-order valence-electron chi connectivity index (χ1n) is 8.53. The Morgan fingerprint density at radius 1 is 1.30 bits per heavy atom. The molecule has 0 bridgehead atoms. The van der Waals surface area contributed by atoms with Crippen LogP contribution in [0, 0.1) is 12.8 Å². The maximum atomic E-state index is 12.2. The summed E-state index contributed by atoms with van der Waals surface area (Å²) in [5, 5.41) is 12.9. The first-order valence-corrected chi connectivity index (χ1v) is 8.53. The number of carbonyl (C=O) groups excluding carboxylic acids is 1. The minimum Gasteiger partial charge on any atom is -0.392 e. The van der Waals surface area contributed by atoms with Crippen LogP contribution >= 0.6 is 0 Å². The Hall–Kier alpha value is -1.39. The topological polar surface area (TPSA) is 58.6 Å². The van der Waals surface area contributed by atoms with Crippen LogP contribution in [0.1, 0.15) is 44.2 Å². The lowest BCUT2D eigenvalue weighted by Gasteiger charge is -2.39. The molecule has 1 saturated heterocycles. The van der Waals surface area contributed by atoms with Gasteiger partial charge in [0, 0.05) is 25.2 Å². The highest BCUT2D eigenvalue weighted by molar-refractivity contribution is 5.76. The quantitative estimate of drug-likeness (QED) is 0.847. The minimum absolute atomic E-state index is 0.0674. The van der Waals surface area contributed by atoms with Crippen molar-refractivity contribution in [3.63, 3.8) is 0 Å². The van der Waals surface area contributed by atoms with E-state index in [9.17, 15) is 9.90 Å². The number of nitrogens with one attached hydrogen (secondary N) is 1. The molecule has 1 fully saturated rings. The summed E-state index contributed by atoms with van der Waals surface area (Å²) in [4.78, 5) is 12.2. The first kappa shape index (κ1) is 18.0. The molecule has 2 N–H and O–H groups in total. The Balaban J connectivity index is 2.08. The number of amides is 1. The summed E-state index contributed by atoms with van der Waals surface area (Å²) in [5.74, 6) is 0.0137. The lowest BCUT2D eigenvalue weighted by Crippen LogP contribution is -2.45. The molecule has 1 amide bonds. The van der Waals surface area contributed by atoms with Gasteiger partial charge in [-0.2, -0.15) is 0 Å². The maximum absolute atomic E-state index is 12.2. The van der Waals surface area contributed by atoms with Crippen LogP contribution in [-0.2, 0) is 14.9 Å². The minimum atomic E-state index is -0.584. The van der Waals surface area contributed by atoms with Crippen molar-refractivity contribution in [1.29, 1.82) is 0 Å². The molecule has 1 heterocycles. The predicted octanol–water partition coefficient (Wildman–Crippen LogP) is 2.57. The molecule has 1 atom stereocenters. The van der Waals surface area contributed by atoms with Crippen LogP contribution in [0.4, 0.5) is 0 Å². The summed E-state index contributed by atoms with van der Waals surface area (Å²) in [6, 6.07) is 8.39. The molecule has 128 valence electrons. The first-order chi connectivity index (χ1) is 10.9. The fourth-order valence-corrected chi connectivity index (χ4v) is 3.24. The van der Waals surface area contributed by atoms with E-state index in [1.165, 1.54) is 11.1 Å². The Morgan fingerprint density at radius 2 is 1.96 bits per heavy atom. The highest BCUT2D eigenvalue weighted by Crippen LogP contribution is 2.36. The second-order valence-corrected chi connectivity index (χ2v) is 7.00. The molecule has 0 aromatic heterocycles. The van der Waals surface area contributed by atoms with Gasteiger partial charge in [-0.25, -0.2) is 0 Å². The SMILES string of the molecule is Cc1ccccc1C1(CNC(=O)CC(O)C(C)C)CCOCC1. The molecule has 1 aliphatic rings. The van der Waals surface area contributed by atoms with E-state index in [-0.39, 0.29) is 23.7 Å². The zero-order valence-electron chi connectivity index (χ0n) is 14.5. The van der Waals surface area contributed by atoms with E-state index in [1.54, 1.807) is 0 Å². The standard InChI is InChI=1S/C19H29NO3/c1-14(2)17(21)12-18(22)20-13-19(8-10-23-11-9-19)16-7-5-4-6-15(16)3/h4-7,14,17,21H,8-13H2,1-3H3,(H,20,22). The van der Waals surface area contributed by atoms with Crippen LogP contribution in [0.3, 0.4) is 0 Å². The largest absolute Gasteiger partial charge is 0.392 e. The van der Waals surface area contributed by atoms with Crippen molar-refractivity contribution in [3.8, 4) is 0 Å². The number of aliphatic hydroxyl groups excluding tert-OH is 1. The zero-order chi connectivity index (χ0) is 16.9. The summed E-state index contributed by atoms with van der Waals surface area (Å²) in [5.41, 5.74) is 2.49. The zero-order valence-corrected chi connectivity index (χ0v) is 14.5. The van der Waals surface area contributed by atoms with Crippen molar-refractivity contribution in [2.75, 3.05) is 19.8 Å². The highest BCUT2D eigenvalue weighted by Gasteiger charge is 2.35.